The SMILES string of the molecule is CCC=C(SCN(c1ccc(C)cc1)c1ccc(C)cc1)c1ccc(-c2ccc(C)s2)s1. The molecule has 4 aromatic rings. The van der Waals surface area contributed by atoms with Crippen molar-refractivity contribution in [2.45, 2.75) is 34.1 Å². The molecule has 0 fully saturated rings. The molecule has 0 aliphatic heterocycles. The van der Waals surface area contributed by atoms with Gasteiger partial charge in [0.25, 0.3) is 0 Å². The summed E-state index contributed by atoms with van der Waals surface area (Å²) in [7, 11) is 0. The van der Waals surface area contributed by atoms with Crippen molar-refractivity contribution in [2.75, 3.05) is 10.8 Å². The van der Waals surface area contributed by atoms with Gasteiger partial charge < -0.3 is 4.90 Å². The molecule has 0 atom stereocenters. The molecule has 1 nitrogen and oxygen atoms in total. The molecular formula is C28H29NS3. The smallest absolute Gasteiger partial charge is 0.0735 e. The van der Waals surface area contributed by atoms with Crippen molar-refractivity contribution in [3.05, 3.63) is 99.8 Å². The molecule has 0 N–H and O–H groups in total. The summed E-state index contributed by atoms with van der Waals surface area (Å²) in [6, 6.07) is 26.7. The van der Waals surface area contributed by atoms with Crippen LogP contribution in [0.5, 0.6) is 0 Å². The maximum absolute atomic E-state index is 2.41. The van der Waals surface area contributed by atoms with Crippen LogP contribution in [0.15, 0.2) is 78.9 Å². The van der Waals surface area contributed by atoms with Crippen LogP contribution in [-0.4, -0.2) is 5.88 Å². The average Bonchev–Trinajstić information content (AvgIpc) is 3.44. The second kappa shape index (κ2) is 10.6. The van der Waals surface area contributed by atoms with Crippen molar-refractivity contribution in [2.24, 2.45) is 0 Å². The third-order valence-corrected chi connectivity index (χ3v) is 8.79. The van der Waals surface area contributed by atoms with Gasteiger partial charge in [-0.2, -0.15) is 0 Å². The van der Waals surface area contributed by atoms with Gasteiger partial charge in [0.15, 0.2) is 0 Å². The van der Waals surface area contributed by atoms with Gasteiger partial charge >= 0.3 is 0 Å². The molecule has 2 aromatic heterocycles. The third kappa shape index (κ3) is 5.55. The Hall–Kier alpha value is -2.27. The minimum Gasteiger partial charge on any atom is -0.331 e. The van der Waals surface area contributed by atoms with Crippen molar-refractivity contribution in [3.8, 4) is 9.75 Å². The number of rotatable bonds is 8. The summed E-state index contributed by atoms with van der Waals surface area (Å²) in [6.45, 7) is 8.67. The first-order valence-corrected chi connectivity index (χ1v) is 13.6. The van der Waals surface area contributed by atoms with Crippen LogP contribution in [0.3, 0.4) is 0 Å². The zero-order valence-corrected chi connectivity index (χ0v) is 21.5. The molecular weight excluding hydrogens is 447 g/mol. The van der Waals surface area contributed by atoms with Crippen LogP contribution in [0.25, 0.3) is 14.7 Å². The Morgan fingerprint density at radius 2 is 1.31 bits per heavy atom. The maximum atomic E-state index is 2.41. The van der Waals surface area contributed by atoms with Crippen LogP contribution in [0, 0.1) is 20.8 Å². The number of aryl methyl sites for hydroxylation is 3. The van der Waals surface area contributed by atoms with Crippen LogP contribution < -0.4 is 4.90 Å². The Bertz CT molecular complexity index is 1130. The molecule has 0 spiro atoms. The van der Waals surface area contributed by atoms with E-state index < -0.39 is 0 Å². The standard InChI is InChI=1S/C28H29NS3/c1-5-6-25(26-17-18-28(32-26)27-16-11-22(4)31-27)30-19-29(23-12-7-20(2)8-13-23)24-14-9-21(3)10-15-24/h6-18H,5,19H2,1-4H3. The zero-order valence-electron chi connectivity index (χ0n) is 19.1. The second-order valence-corrected chi connectivity index (χ2v) is 11.3. The Labute approximate surface area is 204 Å². The normalized spacial score (nSPS) is 11.7. The van der Waals surface area contributed by atoms with Gasteiger partial charge in [-0.1, -0.05) is 48.4 Å². The Balaban J connectivity index is 1.58. The molecule has 0 saturated heterocycles. The molecule has 164 valence electrons. The summed E-state index contributed by atoms with van der Waals surface area (Å²) in [5, 5.41) is 0. The Kier molecular flexibility index (Phi) is 7.56. The van der Waals surface area contributed by atoms with E-state index >= 15 is 0 Å². The largest absolute Gasteiger partial charge is 0.331 e. The summed E-state index contributed by atoms with van der Waals surface area (Å²) in [6.07, 6.45) is 3.39. The van der Waals surface area contributed by atoms with Crippen molar-refractivity contribution >= 4 is 50.7 Å². The summed E-state index contributed by atoms with van der Waals surface area (Å²) >= 11 is 5.69. The van der Waals surface area contributed by atoms with Crippen molar-refractivity contribution in [1.82, 2.24) is 0 Å². The summed E-state index contributed by atoms with van der Waals surface area (Å²) in [5.74, 6) is 0.864. The van der Waals surface area contributed by atoms with Gasteiger partial charge in [-0.15, -0.1) is 34.4 Å². The lowest BCUT2D eigenvalue weighted by atomic mass is 10.2. The molecule has 2 heterocycles. The van der Waals surface area contributed by atoms with Crippen LogP contribution in [-0.2, 0) is 0 Å². The molecule has 0 unspecified atom stereocenters. The lowest BCUT2D eigenvalue weighted by Gasteiger charge is -2.25. The van der Waals surface area contributed by atoms with E-state index in [1.165, 1.54) is 46.9 Å². The highest BCUT2D eigenvalue weighted by Crippen LogP contribution is 2.40. The molecule has 0 aliphatic carbocycles. The number of nitrogens with zero attached hydrogens (tertiary/aromatic N) is 1. The highest BCUT2D eigenvalue weighted by Gasteiger charge is 2.14. The van der Waals surface area contributed by atoms with E-state index in [2.05, 4.69) is 111 Å². The fourth-order valence-electron chi connectivity index (χ4n) is 3.47. The van der Waals surface area contributed by atoms with Gasteiger partial charge in [0.1, 0.15) is 0 Å². The van der Waals surface area contributed by atoms with E-state index in [0.717, 1.165) is 12.3 Å². The first-order chi connectivity index (χ1) is 15.5. The molecule has 2 aromatic carbocycles. The summed E-state index contributed by atoms with van der Waals surface area (Å²) < 4.78 is 0. The molecule has 0 amide bonds. The van der Waals surface area contributed by atoms with Crippen LogP contribution in [0.1, 0.15) is 34.2 Å². The molecule has 32 heavy (non-hydrogen) atoms. The lowest BCUT2D eigenvalue weighted by molar-refractivity contribution is 1.17. The fraction of sp³-hybridized carbons (Fsp3) is 0.214. The lowest BCUT2D eigenvalue weighted by Crippen LogP contribution is -2.16. The molecule has 0 aliphatic rings. The molecule has 0 bridgehead atoms. The number of benzene rings is 2. The monoisotopic (exact) mass is 475 g/mol. The van der Waals surface area contributed by atoms with E-state index in [1.807, 2.05) is 34.4 Å². The first-order valence-electron chi connectivity index (χ1n) is 10.9. The number of hydrogen-bond donors (Lipinski definition) is 0. The molecule has 4 rings (SSSR count). The minimum atomic E-state index is 0.864. The number of thioether (sulfide) groups is 1. The predicted octanol–water partition coefficient (Wildman–Crippen LogP) is 9.68. The highest BCUT2D eigenvalue weighted by atomic mass is 32.2. The minimum absolute atomic E-state index is 0.864. The second-order valence-electron chi connectivity index (χ2n) is 7.92. The van der Waals surface area contributed by atoms with Gasteiger partial charge in [0, 0.05) is 35.8 Å². The zero-order chi connectivity index (χ0) is 22.5. The van der Waals surface area contributed by atoms with Crippen molar-refractivity contribution < 1.29 is 0 Å². The van der Waals surface area contributed by atoms with E-state index in [0.29, 0.717) is 0 Å². The van der Waals surface area contributed by atoms with Crippen molar-refractivity contribution in [1.29, 1.82) is 0 Å². The van der Waals surface area contributed by atoms with Gasteiger partial charge in [0.05, 0.1) is 5.88 Å². The van der Waals surface area contributed by atoms with E-state index in [4.69, 9.17) is 0 Å². The van der Waals surface area contributed by atoms with Crippen LogP contribution in [0.2, 0.25) is 0 Å². The first kappa shape index (κ1) is 22.9. The molecule has 0 saturated carbocycles. The maximum Gasteiger partial charge on any atom is 0.0735 e. The summed E-state index contributed by atoms with van der Waals surface area (Å²) in [5.41, 5.74) is 5.02. The van der Waals surface area contributed by atoms with E-state index in [-0.39, 0.29) is 0 Å². The van der Waals surface area contributed by atoms with Crippen LogP contribution in [0.4, 0.5) is 11.4 Å². The molecule has 0 radical (unpaired) electrons. The van der Waals surface area contributed by atoms with E-state index in [1.54, 1.807) is 0 Å². The molecule has 4 heteroatoms. The van der Waals surface area contributed by atoms with Crippen molar-refractivity contribution in [3.63, 3.8) is 0 Å². The van der Waals surface area contributed by atoms with Gasteiger partial charge in [-0.25, -0.2) is 0 Å². The third-order valence-electron chi connectivity index (χ3n) is 5.26. The predicted molar refractivity (Wildman–Crippen MR) is 148 cm³/mol. The fourth-order valence-corrected chi connectivity index (χ4v) is 6.73. The number of anilines is 2. The Morgan fingerprint density at radius 3 is 1.84 bits per heavy atom. The topological polar surface area (TPSA) is 3.24 Å². The number of thiophene rings is 2. The van der Waals surface area contributed by atoms with Gasteiger partial charge in [0.2, 0.25) is 0 Å². The highest BCUT2D eigenvalue weighted by molar-refractivity contribution is 8.08. The summed E-state index contributed by atoms with van der Waals surface area (Å²) in [4.78, 5) is 9.20. The Morgan fingerprint density at radius 1 is 0.750 bits per heavy atom. The quantitative estimate of drug-likeness (QED) is 0.233. The average molecular weight is 476 g/mol. The van der Waals surface area contributed by atoms with Gasteiger partial charge in [-0.3, -0.25) is 0 Å². The van der Waals surface area contributed by atoms with Crippen LogP contribution >= 0.6 is 34.4 Å². The number of allylic oxidation sites excluding steroid dienone is 1. The van der Waals surface area contributed by atoms with Gasteiger partial charge in [-0.05, 0) is 75.7 Å². The number of hydrogen-bond acceptors (Lipinski definition) is 4. The van der Waals surface area contributed by atoms with E-state index in [9.17, 15) is 0 Å².